The van der Waals surface area contributed by atoms with Gasteiger partial charge in [-0.15, -0.1) is 12.6 Å². The second-order valence-corrected chi connectivity index (χ2v) is 14.1. The highest BCUT2D eigenvalue weighted by Crippen LogP contribution is 2.23. The molecule has 2 aliphatic heterocycles. The largest absolute Gasteiger partial charge is 0.445 e. The third kappa shape index (κ3) is 17.3. The Bertz CT molecular complexity index is 1320. The van der Waals surface area contributed by atoms with Crippen LogP contribution in [0.2, 0.25) is 0 Å². The van der Waals surface area contributed by atoms with E-state index in [2.05, 4.69) is 12.6 Å². The summed E-state index contributed by atoms with van der Waals surface area (Å²) in [7, 11) is -3.51. The summed E-state index contributed by atoms with van der Waals surface area (Å²) in [5.74, 6) is 0. The van der Waals surface area contributed by atoms with Crippen molar-refractivity contribution in [1.82, 2.24) is 9.80 Å². The van der Waals surface area contributed by atoms with Gasteiger partial charge in [0.05, 0.1) is 18.9 Å². The number of carbonyl (C=O) groups excluding carboxylic acids is 4. The molecule has 0 bridgehead atoms. The van der Waals surface area contributed by atoms with E-state index < -0.39 is 22.3 Å². The highest BCUT2D eigenvalue weighted by atomic mass is 32.2. The number of thiol groups is 1. The van der Waals surface area contributed by atoms with Gasteiger partial charge in [0.1, 0.15) is 13.2 Å². The Labute approximate surface area is 275 Å². The Morgan fingerprint density at radius 1 is 0.800 bits per heavy atom. The summed E-state index contributed by atoms with van der Waals surface area (Å²) in [5.41, 5.74) is 1.89. The van der Waals surface area contributed by atoms with Crippen LogP contribution in [0.25, 0.3) is 0 Å². The number of nitrogens with zero attached hydrogens (tertiary/aromatic N) is 2. The van der Waals surface area contributed by atoms with Crippen LogP contribution >= 0.6 is 24.4 Å². The van der Waals surface area contributed by atoms with E-state index in [9.17, 15) is 27.6 Å². The molecule has 0 saturated carbocycles. The van der Waals surface area contributed by atoms with Gasteiger partial charge in [-0.25, -0.2) is 9.59 Å². The van der Waals surface area contributed by atoms with Crippen molar-refractivity contribution in [3.63, 3.8) is 0 Å². The molecule has 2 aromatic carbocycles. The van der Waals surface area contributed by atoms with Crippen LogP contribution in [0.15, 0.2) is 60.7 Å². The average molecular weight is 683 g/mol. The first-order valence-electron chi connectivity index (χ1n) is 14.5. The molecule has 0 aliphatic carbocycles. The Balaban J connectivity index is 0.000000281. The lowest BCUT2D eigenvalue weighted by Crippen LogP contribution is -2.44. The van der Waals surface area contributed by atoms with Crippen LogP contribution in [0, 0.1) is 0 Å². The molecule has 2 atom stereocenters. The number of likely N-dealkylation sites (tertiary alicyclic amines) is 2. The minimum atomic E-state index is -3.51. The van der Waals surface area contributed by atoms with Gasteiger partial charge in [0, 0.05) is 38.7 Å². The van der Waals surface area contributed by atoms with Crippen molar-refractivity contribution in [3.8, 4) is 0 Å². The number of piperidine rings is 2. The summed E-state index contributed by atoms with van der Waals surface area (Å²) in [6, 6.07) is 19.0. The second-order valence-electron chi connectivity index (χ2n) is 10.4. The van der Waals surface area contributed by atoms with E-state index >= 15 is 0 Å². The zero-order valence-corrected chi connectivity index (χ0v) is 28.4. The Morgan fingerprint density at radius 2 is 1.24 bits per heavy atom. The van der Waals surface area contributed by atoms with Gasteiger partial charge in [-0.1, -0.05) is 72.4 Å². The molecule has 14 heteroatoms. The quantitative estimate of drug-likeness (QED) is 0.303. The Kier molecular flexibility index (Phi) is 17.1. The maximum Gasteiger partial charge on any atom is 0.410 e. The lowest BCUT2D eigenvalue weighted by Gasteiger charge is -2.31. The predicted molar refractivity (Wildman–Crippen MR) is 176 cm³/mol. The average Bonchev–Trinajstić information content (AvgIpc) is 2.99. The molecule has 2 fully saturated rings. The summed E-state index contributed by atoms with van der Waals surface area (Å²) in [6.07, 6.45) is 3.01. The number of amides is 2. The number of benzene rings is 2. The van der Waals surface area contributed by atoms with Gasteiger partial charge in [0.25, 0.3) is 10.1 Å². The van der Waals surface area contributed by atoms with Crippen molar-refractivity contribution in [2.75, 3.05) is 32.4 Å². The summed E-state index contributed by atoms with van der Waals surface area (Å²) < 4.78 is 37.7. The van der Waals surface area contributed by atoms with Gasteiger partial charge < -0.3 is 19.3 Å². The van der Waals surface area contributed by atoms with Crippen LogP contribution in [-0.4, -0.2) is 84.4 Å². The van der Waals surface area contributed by atoms with Gasteiger partial charge >= 0.3 is 12.2 Å². The number of carbonyl (C=O) groups is 4. The second kappa shape index (κ2) is 20.1. The minimum absolute atomic E-state index is 0.106. The van der Waals surface area contributed by atoms with E-state index in [1.807, 2.05) is 60.7 Å². The number of thioether (sulfide) groups is 1. The van der Waals surface area contributed by atoms with E-state index in [-0.39, 0.29) is 34.7 Å². The van der Waals surface area contributed by atoms with E-state index in [1.54, 1.807) is 11.8 Å². The number of ether oxygens (including phenoxy) is 2. The smallest absolute Gasteiger partial charge is 0.410 e. The van der Waals surface area contributed by atoms with Crippen LogP contribution < -0.4 is 0 Å². The highest BCUT2D eigenvalue weighted by molar-refractivity contribution is 8.14. The minimum Gasteiger partial charge on any atom is -0.445 e. The van der Waals surface area contributed by atoms with Gasteiger partial charge in [0.15, 0.2) is 10.2 Å². The van der Waals surface area contributed by atoms with Crippen molar-refractivity contribution in [2.24, 2.45) is 0 Å². The van der Waals surface area contributed by atoms with Crippen LogP contribution in [0.1, 0.15) is 50.7 Å². The number of hydrogen-bond donors (Lipinski definition) is 1. The summed E-state index contributed by atoms with van der Waals surface area (Å²) in [4.78, 5) is 47.6. The third-order valence-electron chi connectivity index (χ3n) is 6.33. The van der Waals surface area contributed by atoms with Crippen LogP contribution in [0.4, 0.5) is 9.59 Å². The van der Waals surface area contributed by atoms with Crippen molar-refractivity contribution < 1.29 is 41.3 Å². The molecule has 4 rings (SSSR count). The van der Waals surface area contributed by atoms with Gasteiger partial charge in [-0.05, 0) is 36.8 Å². The molecule has 11 nitrogen and oxygen atoms in total. The maximum atomic E-state index is 12.0. The van der Waals surface area contributed by atoms with Gasteiger partial charge in [-0.3, -0.25) is 13.8 Å². The molecular weight excluding hydrogens is 641 g/mol. The van der Waals surface area contributed by atoms with E-state index in [0.29, 0.717) is 39.1 Å². The Hall–Kier alpha value is -3.07. The fourth-order valence-electron chi connectivity index (χ4n) is 4.49. The van der Waals surface area contributed by atoms with Gasteiger partial charge in [-0.2, -0.15) is 8.42 Å². The zero-order chi connectivity index (χ0) is 33.2. The molecule has 2 aromatic rings. The molecular formula is C31H42N2O9S3. The predicted octanol–water partition coefficient (Wildman–Crippen LogP) is 5.29. The first-order chi connectivity index (χ1) is 21.3. The molecule has 45 heavy (non-hydrogen) atoms. The fourth-order valence-corrected chi connectivity index (χ4v) is 6.15. The molecule has 2 amide bonds. The first kappa shape index (κ1) is 38.1. The molecule has 248 valence electrons. The molecule has 0 aromatic heterocycles. The summed E-state index contributed by atoms with van der Waals surface area (Å²) in [6.45, 7) is 5.55. The SMILES string of the molecule is CC(=O)S.CC(=O)SC1CCCN(C(=O)OCc2ccccc2)C1.CS(=O)(=O)OC1CCCN(C(=O)OCc2ccccc2)C1. The topological polar surface area (TPSA) is 137 Å². The molecule has 0 spiro atoms. The molecule has 2 heterocycles. The summed E-state index contributed by atoms with van der Waals surface area (Å²) in [5, 5.41) is 0.167. The molecule has 2 saturated heterocycles. The van der Waals surface area contributed by atoms with Crippen LogP contribution in [0.5, 0.6) is 0 Å². The molecule has 2 aliphatic rings. The van der Waals surface area contributed by atoms with E-state index in [4.69, 9.17) is 13.7 Å². The van der Waals surface area contributed by atoms with Crippen LogP contribution in [-0.2, 0) is 46.6 Å². The van der Waals surface area contributed by atoms with Crippen molar-refractivity contribution in [3.05, 3.63) is 71.8 Å². The van der Waals surface area contributed by atoms with Crippen LogP contribution in [0.3, 0.4) is 0 Å². The van der Waals surface area contributed by atoms with E-state index in [0.717, 1.165) is 30.2 Å². The van der Waals surface area contributed by atoms with E-state index in [1.165, 1.54) is 23.6 Å². The number of hydrogen-bond acceptors (Lipinski definition) is 10. The Morgan fingerprint density at radius 3 is 1.69 bits per heavy atom. The zero-order valence-electron chi connectivity index (χ0n) is 25.8. The summed E-state index contributed by atoms with van der Waals surface area (Å²) >= 11 is 4.65. The van der Waals surface area contributed by atoms with Crippen molar-refractivity contribution >= 4 is 56.9 Å². The number of rotatable bonds is 7. The normalized spacial score (nSPS) is 17.9. The highest BCUT2D eigenvalue weighted by Gasteiger charge is 2.28. The van der Waals surface area contributed by atoms with Crippen molar-refractivity contribution in [1.29, 1.82) is 0 Å². The molecule has 0 N–H and O–H groups in total. The molecule has 0 radical (unpaired) electrons. The lowest BCUT2D eigenvalue weighted by molar-refractivity contribution is -0.109. The maximum absolute atomic E-state index is 12.0. The standard InChI is InChI=1S/C15H19NO3S.C14H19NO5S.C2H4OS/c1-12(17)20-14-8-5-9-16(10-14)15(18)19-11-13-6-3-2-4-7-13;1-21(17,18)20-13-8-5-9-15(10-13)14(16)19-11-12-6-3-2-4-7-12;1-2(3)4/h2-4,6-7,14H,5,8-11H2,1H3;2-4,6-7,13H,5,8-11H2,1H3;1H3,(H,3,4). The third-order valence-corrected chi connectivity index (χ3v) is 8.00. The fraction of sp³-hybridized carbons (Fsp3) is 0.484. The first-order valence-corrected chi connectivity index (χ1v) is 17.6. The molecule has 2 unspecified atom stereocenters. The lowest BCUT2D eigenvalue weighted by atomic mass is 10.1. The van der Waals surface area contributed by atoms with Gasteiger partial charge in [0.2, 0.25) is 0 Å². The monoisotopic (exact) mass is 682 g/mol. The van der Waals surface area contributed by atoms with Crippen molar-refractivity contribution in [2.45, 2.75) is 64.1 Å².